The highest BCUT2D eigenvalue weighted by atomic mass is 16.3. The first-order valence-corrected chi connectivity index (χ1v) is 13.3. The fourth-order valence-corrected chi connectivity index (χ4v) is 6.82. The first kappa shape index (κ1) is 25.7. The van der Waals surface area contributed by atoms with Crippen LogP contribution in [0.25, 0.3) is 16.5 Å². The van der Waals surface area contributed by atoms with Gasteiger partial charge in [-0.05, 0) is 75.2 Å². The van der Waals surface area contributed by atoms with Crippen molar-refractivity contribution in [3.63, 3.8) is 0 Å². The van der Waals surface area contributed by atoms with Gasteiger partial charge in [-0.2, -0.15) is 0 Å². The zero-order valence-corrected chi connectivity index (χ0v) is 22.1. The summed E-state index contributed by atoms with van der Waals surface area (Å²) in [5.74, 6) is -5.52. The largest absolute Gasteiger partial charge is 0.508 e. The second-order valence-electron chi connectivity index (χ2n) is 11.6. The molecular formula is C30H32N2O7. The van der Waals surface area contributed by atoms with E-state index < -0.39 is 57.9 Å². The Balaban J connectivity index is 1.49. The van der Waals surface area contributed by atoms with E-state index in [0.29, 0.717) is 30.0 Å². The van der Waals surface area contributed by atoms with E-state index in [0.717, 1.165) is 30.7 Å². The van der Waals surface area contributed by atoms with Crippen molar-refractivity contribution in [2.24, 2.45) is 11.8 Å². The molecule has 2 fully saturated rings. The lowest BCUT2D eigenvalue weighted by molar-refractivity contribution is -0.153. The van der Waals surface area contributed by atoms with E-state index in [1.807, 2.05) is 24.3 Å². The number of benzene rings is 2. The van der Waals surface area contributed by atoms with Crippen LogP contribution in [-0.2, 0) is 27.3 Å². The van der Waals surface area contributed by atoms with Gasteiger partial charge < -0.3 is 25.7 Å². The number of hydrogen-bond acceptors (Lipinski definition) is 9. The van der Waals surface area contributed by atoms with E-state index in [2.05, 4.69) is 5.32 Å². The summed E-state index contributed by atoms with van der Waals surface area (Å²) in [5.41, 5.74) is -1.51. The lowest BCUT2D eigenvalue weighted by atomic mass is 9.57. The Morgan fingerprint density at radius 2 is 1.85 bits per heavy atom. The number of hydrogen-bond donors (Lipinski definition) is 5. The number of carbonyl (C=O) groups excluding carboxylic acids is 3. The second-order valence-corrected chi connectivity index (χ2v) is 11.6. The van der Waals surface area contributed by atoms with E-state index >= 15 is 0 Å². The van der Waals surface area contributed by atoms with E-state index in [1.54, 1.807) is 19.0 Å². The van der Waals surface area contributed by atoms with Gasteiger partial charge in [-0.3, -0.25) is 19.3 Å². The highest BCUT2D eigenvalue weighted by molar-refractivity contribution is 6.25. The van der Waals surface area contributed by atoms with Crippen LogP contribution in [-0.4, -0.2) is 74.5 Å². The lowest BCUT2D eigenvalue weighted by Gasteiger charge is -2.50. The number of likely N-dealkylation sites (N-methyl/N-ethyl adjacent to an activating group) is 1. The van der Waals surface area contributed by atoms with Gasteiger partial charge in [-0.15, -0.1) is 0 Å². The van der Waals surface area contributed by atoms with Gasteiger partial charge in [0, 0.05) is 29.5 Å². The van der Waals surface area contributed by atoms with E-state index in [-0.39, 0.29) is 23.3 Å². The number of ketones is 3. The number of phenolic OH excluding ortho intramolecular Hbond substituents is 1. The van der Waals surface area contributed by atoms with Crippen molar-refractivity contribution < 1.29 is 34.8 Å². The molecule has 4 aliphatic rings. The molecule has 0 heterocycles. The molecule has 9 nitrogen and oxygen atoms in total. The van der Waals surface area contributed by atoms with Crippen molar-refractivity contribution in [1.29, 1.82) is 0 Å². The fraction of sp³-hybridized carbons (Fsp3) is 0.433. The summed E-state index contributed by atoms with van der Waals surface area (Å²) in [4.78, 5) is 41.1. The number of fused-ring (bicyclic) bond motifs is 4. The minimum absolute atomic E-state index is 0.107. The molecule has 6 rings (SSSR count). The summed E-state index contributed by atoms with van der Waals surface area (Å²) in [6.07, 6.45) is 2.70. The van der Waals surface area contributed by atoms with Gasteiger partial charge in [-0.1, -0.05) is 18.2 Å². The molecule has 0 aliphatic heterocycles. The van der Waals surface area contributed by atoms with Crippen LogP contribution in [0.4, 0.5) is 0 Å². The molecule has 5 N–H and O–H groups in total. The number of nitrogens with one attached hydrogen (secondary N) is 1. The van der Waals surface area contributed by atoms with Crippen molar-refractivity contribution in [3.8, 4) is 5.75 Å². The number of carbonyl (C=O) groups is 3. The summed E-state index contributed by atoms with van der Waals surface area (Å²) < 4.78 is 0. The molecule has 9 heteroatoms. The molecule has 2 aromatic carbocycles. The third-order valence-corrected chi connectivity index (χ3v) is 8.87. The van der Waals surface area contributed by atoms with Crippen LogP contribution in [0, 0.1) is 11.8 Å². The molecule has 0 bridgehead atoms. The lowest BCUT2D eigenvalue weighted by Crippen LogP contribution is -2.65. The zero-order chi connectivity index (χ0) is 28.0. The highest BCUT2D eigenvalue weighted by Gasteiger charge is 2.63. The molecule has 2 saturated carbocycles. The minimum atomic E-state index is -2.56. The second kappa shape index (κ2) is 8.74. The maximum atomic E-state index is 14.0. The van der Waals surface area contributed by atoms with Gasteiger partial charge in [-0.25, -0.2) is 0 Å². The maximum Gasteiger partial charge on any atom is 0.202 e. The molecule has 0 saturated heterocycles. The third kappa shape index (κ3) is 3.67. The third-order valence-electron chi connectivity index (χ3n) is 8.87. The Labute approximate surface area is 225 Å². The molecule has 4 atom stereocenters. The fourth-order valence-electron chi connectivity index (χ4n) is 6.82. The average Bonchev–Trinajstić information content (AvgIpc) is 3.69. The van der Waals surface area contributed by atoms with Crippen LogP contribution in [0.3, 0.4) is 0 Å². The number of Topliss-reactive ketones (excluding diaryl/α,β-unsaturated/α-hetero) is 3. The molecule has 4 aliphatic carbocycles. The number of phenols is 1. The molecule has 0 aromatic heterocycles. The van der Waals surface area contributed by atoms with Crippen LogP contribution >= 0.6 is 0 Å². The smallest absolute Gasteiger partial charge is 0.202 e. The number of aliphatic hydroxyl groups excluding tert-OH is 2. The summed E-state index contributed by atoms with van der Waals surface area (Å²) in [5, 5.41) is 50.3. The number of aliphatic hydroxyl groups is 3. The van der Waals surface area contributed by atoms with Gasteiger partial charge in [0.15, 0.2) is 17.2 Å². The molecule has 39 heavy (non-hydrogen) atoms. The summed E-state index contributed by atoms with van der Waals surface area (Å²) in [7, 11) is 3.23. The number of aromatic hydroxyl groups is 1. The monoisotopic (exact) mass is 532 g/mol. The van der Waals surface area contributed by atoms with Crippen LogP contribution in [0.15, 0.2) is 41.2 Å². The zero-order valence-electron chi connectivity index (χ0n) is 22.1. The first-order valence-electron chi connectivity index (χ1n) is 13.3. The summed E-state index contributed by atoms with van der Waals surface area (Å²) >= 11 is 0. The quantitative estimate of drug-likeness (QED) is 0.366. The van der Waals surface area contributed by atoms with Crippen LogP contribution in [0.5, 0.6) is 5.75 Å². The van der Waals surface area contributed by atoms with Gasteiger partial charge in [0.2, 0.25) is 5.78 Å². The highest BCUT2D eigenvalue weighted by Crippen LogP contribution is 2.53. The summed E-state index contributed by atoms with van der Waals surface area (Å²) in [6.45, 7) is 1.75. The normalized spacial score (nSPS) is 28.6. The minimum Gasteiger partial charge on any atom is -0.508 e. The van der Waals surface area contributed by atoms with Crippen molar-refractivity contribution in [1.82, 2.24) is 10.2 Å². The molecule has 204 valence electrons. The first-order chi connectivity index (χ1) is 18.4. The Morgan fingerprint density at radius 3 is 2.49 bits per heavy atom. The van der Waals surface area contributed by atoms with Gasteiger partial charge in [0.05, 0.1) is 11.6 Å². The van der Waals surface area contributed by atoms with Gasteiger partial charge in [0.25, 0.3) is 0 Å². The predicted octanol–water partition coefficient (Wildman–Crippen LogP) is 2.47. The summed E-state index contributed by atoms with van der Waals surface area (Å²) in [6, 6.07) is 7.17. The van der Waals surface area contributed by atoms with Crippen LogP contribution < -0.4 is 5.32 Å². The van der Waals surface area contributed by atoms with Crippen LogP contribution in [0.2, 0.25) is 0 Å². The Kier molecular flexibility index (Phi) is 5.77. The van der Waals surface area contributed by atoms with E-state index in [9.17, 15) is 34.8 Å². The average molecular weight is 533 g/mol. The molecule has 0 spiro atoms. The Morgan fingerprint density at radius 1 is 1.13 bits per heavy atom. The Bertz CT molecular complexity index is 1530. The molecule has 0 unspecified atom stereocenters. The van der Waals surface area contributed by atoms with E-state index in [1.165, 1.54) is 0 Å². The van der Waals surface area contributed by atoms with Crippen molar-refractivity contribution >= 4 is 33.9 Å². The predicted molar refractivity (Wildman–Crippen MR) is 143 cm³/mol. The van der Waals surface area contributed by atoms with Crippen molar-refractivity contribution in [2.75, 3.05) is 14.1 Å². The van der Waals surface area contributed by atoms with E-state index in [4.69, 9.17) is 0 Å². The number of rotatable bonds is 5. The van der Waals surface area contributed by atoms with Crippen molar-refractivity contribution in [2.45, 2.75) is 56.8 Å². The molecule has 0 radical (unpaired) electrons. The number of nitrogens with zero attached hydrogens (tertiary/aromatic N) is 1. The molecule has 2 aromatic rings. The SMILES string of the molecule is CC(=O)C1=C(O)[C@@]2(O)C(=O)C3=C(O)c4c(cc5ccc(CNC6CC6)cc5c4O)C[C@H]3C[C@H]2[C@H](N(C)C)C1=O. The topological polar surface area (TPSA) is 147 Å². The molecule has 0 amide bonds. The van der Waals surface area contributed by atoms with Gasteiger partial charge in [0.1, 0.15) is 22.8 Å². The standard InChI is InChI=1S/C30H32N2O7/c1-13(33)21-27(36)24(32(2)3)20-11-17-10-16-9-15-5-4-14(12-31-18-6-7-18)8-19(15)25(34)22(16)26(35)23(17)29(38)30(20,39)28(21)37/h4-5,8-9,17-18,20,24,31,34-35,37,39H,6-7,10-12H2,1-3H3/t17-,20-,24-,30+/m0/s1. The van der Waals surface area contributed by atoms with Crippen molar-refractivity contribution in [3.05, 3.63) is 57.9 Å². The Hall–Kier alpha value is -3.53. The van der Waals surface area contributed by atoms with Gasteiger partial charge >= 0.3 is 0 Å². The molecular weight excluding hydrogens is 500 g/mol. The van der Waals surface area contributed by atoms with Crippen LogP contribution in [0.1, 0.15) is 42.9 Å². The maximum absolute atomic E-state index is 14.0.